The highest BCUT2D eigenvalue weighted by atomic mass is 19.1. The van der Waals surface area contributed by atoms with Crippen LogP contribution in [0.2, 0.25) is 0 Å². The van der Waals surface area contributed by atoms with Crippen molar-refractivity contribution in [3.05, 3.63) is 41.2 Å². The first-order chi connectivity index (χ1) is 8.51. The zero-order valence-electron chi connectivity index (χ0n) is 10.7. The van der Waals surface area contributed by atoms with Crippen molar-refractivity contribution in [2.75, 3.05) is 7.11 Å². The predicted molar refractivity (Wildman–Crippen MR) is 67.5 cm³/mol. The Hall–Kier alpha value is -1.84. The van der Waals surface area contributed by atoms with Crippen molar-refractivity contribution in [2.24, 2.45) is 0 Å². The number of hydrogen-bond acceptors (Lipinski definition) is 2. The van der Waals surface area contributed by atoms with E-state index in [4.69, 9.17) is 9.84 Å². The third-order valence-corrected chi connectivity index (χ3v) is 2.97. The second kappa shape index (κ2) is 6.19. The lowest BCUT2D eigenvalue weighted by Gasteiger charge is -2.16. The van der Waals surface area contributed by atoms with Crippen LogP contribution in [-0.2, 0) is 4.79 Å². The van der Waals surface area contributed by atoms with Crippen LogP contribution in [-0.4, -0.2) is 18.2 Å². The van der Waals surface area contributed by atoms with Gasteiger partial charge in [0.05, 0.1) is 7.11 Å². The molecule has 1 aromatic carbocycles. The van der Waals surface area contributed by atoms with Gasteiger partial charge in [0.15, 0.2) is 0 Å². The highest BCUT2D eigenvalue weighted by molar-refractivity contribution is 5.85. The molecule has 0 radical (unpaired) electrons. The van der Waals surface area contributed by atoms with Gasteiger partial charge in [0, 0.05) is 5.92 Å². The monoisotopic (exact) mass is 252 g/mol. The second-order valence-electron chi connectivity index (χ2n) is 4.00. The van der Waals surface area contributed by atoms with E-state index in [2.05, 4.69) is 0 Å². The highest BCUT2D eigenvalue weighted by Crippen LogP contribution is 2.31. The van der Waals surface area contributed by atoms with Crippen molar-refractivity contribution in [1.29, 1.82) is 0 Å². The summed E-state index contributed by atoms with van der Waals surface area (Å²) in [6.07, 6.45) is 0.358. The summed E-state index contributed by atoms with van der Waals surface area (Å²) >= 11 is 0. The fourth-order valence-electron chi connectivity index (χ4n) is 1.90. The van der Waals surface area contributed by atoms with Gasteiger partial charge >= 0.3 is 5.97 Å². The molecule has 0 saturated carbocycles. The summed E-state index contributed by atoms with van der Waals surface area (Å²) in [6, 6.07) is 7.21. The normalized spacial score (nSPS) is 13.8. The van der Waals surface area contributed by atoms with Crippen molar-refractivity contribution in [3.63, 3.8) is 0 Å². The number of aliphatic carboxylic acids is 1. The van der Waals surface area contributed by atoms with E-state index < -0.39 is 11.8 Å². The number of benzene rings is 1. The molecule has 98 valence electrons. The molecule has 1 N–H and O–H groups in total. The SMILES string of the molecule is CCC(=C(F)C(=O)O)C(C)c1cccc(OC)c1. The highest BCUT2D eigenvalue weighted by Gasteiger charge is 2.19. The van der Waals surface area contributed by atoms with Crippen LogP contribution in [0, 0.1) is 0 Å². The van der Waals surface area contributed by atoms with Crippen LogP contribution in [0.15, 0.2) is 35.7 Å². The third-order valence-electron chi connectivity index (χ3n) is 2.97. The first-order valence-corrected chi connectivity index (χ1v) is 5.77. The molecular weight excluding hydrogens is 235 g/mol. The maximum atomic E-state index is 13.6. The second-order valence-corrected chi connectivity index (χ2v) is 4.00. The number of carboxylic acids is 1. The topological polar surface area (TPSA) is 46.5 Å². The number of allylic oxidation sites excluding steroid dienone is 1. The van der Waals surface area contributed by atoms with Crippen LogP contribution in [0.4, 0.5) is 4.39 Å². The molecule has 0 spiro atoms. The quantitative estimate of drug-likeness (QED) is 0.815. The number of hydrogen-bond donors (Lipinski definition) is 1. The number of carboxylic acid groups (broad SMARTS) is 1. The molecule has 18 heavy (non-hydrogen) atoms. The van der Waals surface area contributed by atoms with E-state index in [0.29, 0.717) is 12.2 Å². The molecule has 0 saturated heterocycles. The Morgan fingerprint density at radius 2 is 2.17 bits per heavy atom. The molecule has 0 fully saturated rings. The van der Waals surface area contributed by atoms with Crippen LogP contribution >= 0.6 is 0 Å². The van der Waals surface area contributed by atoms with Crippen LogP contribution in [0.5, 0.6) is 5.75 Å². The minimum Gasteiger partial charge on any atom is -0.497 e. The maximum Gasteiger partial charge on any atom is 0.364 e. The summed E-state index contributed by atoms with van der Waals surface area (Å²) in [5.41, 5.74) is 1.12. The Balaban J connectivity index is 3.15. The van der Waals surface area contributed by atoms with E-state index in [1.54, 1.807) is 39.2 Å². The fraction of sp³-hybridized carbons (Fsp3) is 0.357. The van der Waals surface area contributed by atoms with E-state index >= 15 is 0 Å². The lowest BCUT2D eigenvalue weighted by molar-refractivity contribution is -0.134. The van der Waals surface area contributed by atoms with Gasteiger partial charge in [-0.25, -0.2) is 4.79 Å². The van der Waals surface area contributed by atoms with E-state index in [1.807, 2.05) is 6.07 Å². The molecule has 3 nitrogen and oxygen atoms in total. The molecule has 0 aliphatic rings. The van der Waals surface area contributed by atoms with Gasteiger partial charge < -0.3 is 9.84 Å². The Morgan fingerprint density at radius 1 is 1.50 bits per heavy atom. The lowest BCUT2D eigenvalue weighted by Crippen LogP contribution is -2.06. The van der Waals surface area contributed by atoms with Crippen LogP contribution in [0.25, 0.3) is 0 Å². The molecular formula is C14H17FO3. The number of ether oxygens (including phenoxy) is 1. The first-order valence-electron chi connectivity index (χ1n) is 5.77. The molecule has 0 heterocycles. The Bertz CT molecular complexity index is 466. The molecule has 4 heteroatoms. The summed E-state index contributed by atoms with van der Waals surface area (Å²) in [4.78, 5) is 10.7. The Labute approximate surface area is 106 Å². The smallest absolute Gasteiger partial charge is 0.364 e. The van der Waals surface area contributed by atoms with Crippen LogP contribution in [0.1, 0.15) is 31.7 Å². The van der Waals surface area contributed by atoms with Gasteiger partial charge in [0.1, 0.15) is 5.75 Å². The average Bonchev–Trinajstić information content (AvgIpc) is 2.39. The first kappa shape index (κ1) is 14.2. The summed E-state index contributed by atoms with van der Waals surface area (Å²) in [7, 11) is 1.55. The number of halogens is 1. The Morgan fingerprint density at radius 3 is 2.67 bits per heavy atom. The summed E-state index contributed by atoms with van der Waals surface area (Å²) in [6.45, 7) is 3.53. The van der Waals surface area contributed by atoms with Crippen molar-refractivity contribution in [1.82, 2.24) is 0 Å². The standard InChI is InChI=1S/C14H17FO3/c1-4-12(13(15)14(16)17)9(2)10-6-5-7-11(8-10)18-3/h5-9H,4H2,1-3H3,(H,16,17). The third kappa shape index (κ3) is 3.09. The Kier molecular flexibility index (Phi) is 4.89. The molecule has 1 atom stereocenters. The van der Waals surface area contributed by atoms with Crippen molar-refractivity contribution >= 4 is 5.97 Å². The predicted octanol–water partition coefficient (Wildman–Crippen LogP) is 3.52. The molecule has 1 unspecified atom stereocenters. The molecule has 1 rings (SSSR count). The van der Waals surface area contributed by atoms with Crippen LogP contribution < -0.4 is 4.74 Å². The van der Waals surface area contributed by atoms with Gasteiger partial charge in [0.25, 0.3) is 0 Å². The van der Waals surface area contributed by atoms with Gasteiger partial charge in [-0.15, -0.1) is 0 Å². The minimum absolute atomic E-state index is 0.288. The van der Waals surface area contributed by atoms with Gasteiger partial charge in [-0.3, -0.25) is 0 Å². The fourth-order valence-corrected chi connectivity index (χ4v) is 1.90. The molecule has 0 bridgehead atoms. The summed E-state index contributed by atoms with van der Waals surface area (Å²) < 4.78 is 18.7. The number of methoxy groups -OCH3 is 1. The van der Waals surface area contributed by atoms with Gasteiger partial charge in [0.2, 0.25) is 5.83 Å². The van der Waals surface area contributed by atoms with E-state index in [-0.39, 0.29) is 11.5 Å². The molecule has 1 aromatic rings. The largest absolute Gasteiger partial charge is 0.497 e. The number of rotatable bonds is 5. The zero-order chi connectivity index (χ0) is 13.7. The maximum absolute atomic E-state index is 13.6. The number of carbonyl (C=O) groups is 1. The lowest BCUT2D eigenvalue weighted by atomic mass is 9.90. The van der Waals surface area contributed by atoms with Crippen molar-refractivity contribution < 1.29 is 19.0 Å². The van der Waals surface area contributed by atoms with Gasteiger partial charge in [-0.05, 0) is 29.7 Å². The van der Waals surface area contributed by atoms with E-state index in [1.165, 1.54) is 0 Å². The van der Waals surface area contributed by atoms with E-state index in [9.17, 15) is 9.18 Å². The zero-order valence-corrected chi connectivity index (χ0v) is 10.7. The van der Waals surface area contributed by atoms with Crippen molar-refractivity contribution in [3.8, 4) is 5.75 Å². The van der Waals surface area contributed by atoms with E-state index in [0.717, 1.165) is 5.56 Å². The van der Waals surface area contributed by atoms with Crippen molar-refractivity contribution in [2.45, 2.75) is 26.2 Å². The summed E-state index contributed by atoms with van der Waals surface area (Å²) in [5.74, 6) is -2.19. The molecule has 0 aliphatic heterocycles. The minimum atomic E-state index is -1.51. The molecule has 0 amide bonds. The summed E-state index contributed by atoms with van der Waals surface area (Å²) in [5, 5.41) is 8.72. The van der Waals surface area contributed by atoms with Gasteiger partial charge in [-0.2, -0.15) is 4.39 Å². The molecule has 0 aromatic heterocycles. The molecule has 0 aliphatic carbocycles. The van der Waals surface area contributed by atoms with Crippen LogP contribution in [0.3, 0.4) is 0 Å². The average molecular weight is 252 g/mol. The van der Waals surface area contributed by atoms with Gasteiger partial charge in [-0.1, -0.05) is 26.0 Å².